The lowest BCUT2D eigenvalue weighted by molar-refractivity contribution is -0.165. The second kappa shape index (κ2) is 5.47. The maximum atomic E-state index is 13.9. The molecule has 6 unspecified atom stereocenters. The van der Waals surface area contributed by atoms with Gasteiger partial charge in [-0.15, -0.1) is 0 Å². The van der Waals surface area contributed by atoms with E-state index in [4.69, 9.17) is 9.47 Å². The van der Waals surface area contributed by atoms with E-state index in [1.807, 2.05) is 24.3 Å². The molecule has 0 N–H and O–H groups in total. The number of rotatable bonds is 7. The Morgan fingerprint density at radius 3 is 1.77 bits per heavy atom. The van der Waals surface area contributed by atoms with Crippen molar-refractivity contribution in [2.24, 2.45) is 28.1 Å². The lowest BCUT2D eigenvalue weighted by Crippen LogP contribution is -2.58. The predicted molar refractivity (Wildman–Crippen MR) is 115 cm³/mol. The van der Waals surface area contributed by atoms with Crippen LogP contribution in [-0.4, -0.2) is 32.1 Å². The van der Waals surface area contributed by atoms with E-state index in [0.29, 0.717) is 6.61 Å². The first-order valence-electron chi connectivity index (χ1n) is 11.2. The van der Waals surface area contributed by atoms with Crippen LogP contribution in [-0.2, 0) is 29.9 Å². The maximum absolute atomic E-state index is 13.9. The molecule has 0 heterocycles. The van der Waals surface area contributed by atoms with Gasteiger partial charge in [-0.25, -0.2) is 0 Å². The molecule has 0 aromatic heterocycles. The molecule has 5 saturated carbocycles. The highest BCUT2D eigenvalue weighted by atomic mass is 16.6. The summed E-state index contributed by atoms with van der Waals surface area (Å²) in [6.07, 6.45) is 0. The van der Waals surface area contributed by atoms with Gasteiger partial charge in [0.15, 0.2) is 0 Å². The van der Waals surface area contributed by atoms with E-state index in [9.17, 15) is 9.59 Å². The summed E-state index contributed by atoms with van der Waals surface area (Å²) < 4.78 is 10.9. The summed E-state index contributed by atoms with van der Waals surface area (Å²) in [7, 11) is 1.60. The minimum atomic E-state index is -0.787. The Kier molecular flexibility index (Phi) is 3.40. The second-order valence-electron chi connectivity index (χ2n) is 10.3. The van der Waals surface area contributed by atoms with E-state index in [1.165, 1.54) is 5.56 Å². The molecule has 31 heavy (non-hydrogen) atoms. The molecule has 6 atom stereocenters. The van der Waals surface area contributed by atoms with E-state index in [2.05, 4.69) is 50.2 Å². The fraction of sp³-hybridized carbons (Fsp3) is 0.481. The highest BCUT2D eigenvalue weighted by molar-refractivity contribution is 6.11. The zero-order valence-corrected chi connectivity index (χ0v) is 18.5. The minimum Gasteiger partial charge on any atom is -0.463 e. The highest BCUT2D eigenvalue weighted by Gasteiger charge is 3.24. The van der Waals surface area contributed by atoms with E-state index in [1.54, 1.807) is 14.0 Å². The Morgan fingerprint density at radius 2 is 1.29 bits per heavy atom. The van der Waals surface area contributed by atoms with Gasteiger partial charge in [0.05, 0.1) is 17.4 Å². The van der Waals surface area contributed by atoms with Gasteiger partial charge in [-0.3, -0.25) is 9.59 Å². The van der Waals surface area contributed by atoms with Crippen LogP contribution in [0.25, 0.3) is 0 Å². The van der Waals surface area contributed by atoms with Crippen LogP contribution in [0.2, 0.25) is 0 Å². The van der Waals surface area contributed by atoms with Gasteiger partial charge in [0, 0.05) is 17.9 Å². The molecule has 0 radical (unpaired) electrons. The molecule has 5 aliphatic rings. The van der Waals surface area contributed by atoms with E-state index < -0.39 is 16.2 Å². The third-order valence-corrected chi connectivity index (χ3v) is 9.40. The predicted octanol–water partition coefficient (Wildman–Crippen LogP) is 3.93. The standard InChI is InChI=1S/C27H28O4/c1-17(28)24-20-23(2,3)21-26(19-13-9-6-10-14-19,25(20,24)18-11-7-5-8-12-18)27(21,24)22(29)31-16-15-30-4/h5-14,20-21H,15-16H2,1-4H3. The Balaban J connectivity index is 1.63. The zero-order valence-electron chi connectivity index (χ0n) is 18.5. The number of carbonyl (C=O) groups is 2. The van der Waals surface area contributed by atoms with Gasteiger partial charge in [-0.1, -0.05) is 74.5 Å². The van der Waals surface area contributed by atoms with Crippen LogP contribution in [0.3, 0.4) is 0 Å². The van der Waals surface area contributed by atoms with Crippen molar-refractivity contribution in [2.45, 2.75) is 31.6 Å². The average Bonchev–Trinajstić information content (AvgIpc) is 3.53. The Labute approximate surface area is 182 Å². The van der Waals surface area contributed by atoms with Crippen LogP contribution >= 0.6 is 0 Å². The molecule has 4 heteroatoms. The number of hydrogen-bond donors (Lipinski definition) is 0. The molecule has 0 saturated heterocycles. The van der Waals surface area contributed by atoms with Crippen LogP contribution in [0.15, 0.2) is 60.7 Å². The van der Waals surface area contributed by atoms with Crippen molar-refractivity contribution >= 4 is 11.8 Å². The molecule has 4 nitrogen and oxygen atoms in total. The van der Waals surface area contributed by atoms with Crippen LogP contribution in [0.1, 0.15) is 31.9 Å². The first kappa shape index (κ1) is 19.2. The summed E-state index contributed by atoms with van der Waals surface area (Å²) >= 11 is 0. The number of methoxy groups -OCH3 is 1. The first-order valence-corrected chi connectivity index (χ1v) is 11.2. The lowest BCUT2D eigenvalue weighted by Gasteiger charge is -2.48. The molecule has 0 spiro atoms. The van der Waals surface area contributed by atoms with E-state index in [-0.39, 0.29) is 41.0 Å². The third kappa shape index (κ3) is 1.47. The molecule has 2 bridgehead atoms. The normalized spacial score (nSPS) is 41.7. The SMILES string of the molecule is COCCOC(=O)C12C3C(C)(C)C4C1(C(C)=O)C4(c1ccccc1)C32c1ccccc1. The monoisotopic (exact) mass is 416 g/mol. The average molecular weight is 417 g/mol. The molecule has 7 rings (SSSR count). The number of ether oxygens (including phenoxy) is 2. The van der Waals surface area contributed by atoms with Crippen LogP contribution in [0.5, 0.6) is 0 Å². The van der Waals surface area contributed by atoms with Gasteiger partial charge in [0.1, 0.15) is 12.4 Å². The third-order valence-electron chi connectivity index (χ3n) is 9.40. The van der Waals surface area contributed by atoms with Crippen molar-refractivity contribution < 1.29 is 19.1 Å². The number of Topliss-reactive ketones (excluding diaryl/α,β-unsaturated/α-hetero) is 1. The van der Waals surface area contributed by atoms with Gasteiger partial charge >= 0.3 is 5.97 Å². The first-order chi connectivity index (χ1) is 14.9. The number of hydrogen-bond acceptors (Lipinski definition) is 4. The summed E-state index contributed by atoms with van der Waals surface area (Å²) in [5, 5.41) is 0. The van der Waals surface area contributed by atoms with Crippen molar-refractivity contribution in [1.29, 1.82) is 0 Å². The highest BCUT2D eigenvalue weighted by Crippen LogP contribution is 3.17. The van der Waals surface area contributed by atoms with E-state index in [0.717, 1.165) is 5.56 Å². The Hall–Kier alpha value is -2.46. The smallest absolute Gasteiger partial charge is 0.314 e. The maximum Gasteiger partial charge on any atom is 0.314 e. The largest absolute Gasteiger partial charge is 0.463 e. The molecule has 0 amide bonds. The lowest BCUT2D eigenvalue weighted by atomic mass is 9.51. The molecule has 0 aliphatic heterocycles. The molecule has 2 aromatic rings. The zero-order chi connectivity index (χ0) is 21.9. The van der Waals surface area contributed by atoms with Crippen molar-refractivity contribution in [3.05, 3.63) is 71.8 Å². The van der Waals surface area contributed by atoms with Crippen molar-refractivity contribution in [2.75, 3.05) is 20.3 Å². The minimum absolute atomic E-state index is 0.0825. The van der Waals surface area contributed by atoms with Crippen molar-refractivity contribution in [1.82, 2.24) is 0 Å². The van der Waals surface area contributed by atoms with Crippen LogP contribution < -0.4 is 0 Å². The Morgan fingerprint density at radius 1 is 0.806 bits per heavy atom. The summed E-state index contributed by atoms with van der Waals surface area (Å²) in [5.74, 6) is 0.129. The Bertz CT molecular complexity index is 1110. The number of ketones is 1. The fourth-order valence-corrected chi connectivity index (χ4v) is 9.62. The fourth-order valence-electron chi connectivity index (χ4n) is 9.62. The van der Waals surface area contributed by atoms with Gasteiger partial charge in [-0.2, -0.15) is 0 Å². The summed E-state index contributed by atoms with van der Waals surface area (Å²) in [6, 6.07) is 20.8. The summed E-state index contributed by atoms with van der Waals surface area (Å²) in [4.78, 5) is 27.4. The van der Waals surface area contributed by atoms with Gasteiger partial charge in [0.2, 0.25) is 0 Å². The molecule has 160 valence electrons. The van der Waals surface area contributed by atoms with E-state index >= 15 is 0 Å². The van der Waals surface area contributed by atoms with Gasteiger partial charge in [0.25, 0.3) is 0 Å². The molecular weight excluding hydrogens is 388 g/mol. The number of carbonyl (C=O) groups excluding carboxylic acids is 2. The molecule has 5 fully saturated rings. The van der Waals surface area contributed by atoms with Crippen LogP contribution in [0, 0.1) is 28.1 Å². The molecule has 5 aliphatic carbocycles. The molecule has 2 aromatic carbocycles. The number of esters is 1. The van der Waals surface area contributed by atoms with Crippen molar-refractivity contribution in [3.63, 3.8) is 0 Å². The van der Waals surface area contributed by atoms with Gasteiger partial charge in [-0.05, 0) is 35.3 Å². The van der Waals surface area contributed by atoms with Gasteiger partial charge < -0.3 is 9.47 Å². The van der Waals surface area contributed by atoms with Crippen molar-refractivity contribution in [3.8, 4) is 0 Å². The molecular formula is C27H28O4. The summed E-state index contributed by atoms with van der Waals surface area (Å²) in [5.41, 5.74) is -0.00180. The quantitative estimate of drug-likeness (QED) is 0.507. The summed E-state index contributed by atoms with van der Waals surface area (Å²) in [6.45, 7) is 6.77. The van der Waals surface area contributed by atoms with Crippen LogP contribution in [0.4, 0.5) is 0 Å². The topological polar surface area (TPSA) is 52.6 Å². The number of benzene rings is 2. The second-order valence-corrected chi connectivity index (χ2v) is 10.3.